The van der Waals surface area contributed by atoms with E-state index in [2.05, 4.69) is 37.8 Å². The molecule has 1 heterocycles. The van der Waals surface area contributed by atoms with Gasteiger partial charge in [-0.1, -0.05) is 19.1 Å². The molecule has 0 amide bonds. The standard InChI is InChI=1S/C15H23NO/c1-11-6-7-16(13(3)8-11)15-5-4-14(10-17)9-12(15)2/h4-5,9,11,13,17H,6-8,10H2,1-3H3. The number of benzene rings is 1. The highest BCUT2D eigenvalue weighted by molar-refractivity contribution is 5.55. The molecule has 2 unspecified atom stereocenters. The fourth-order valence-electron chi connectivity index (χ4n) is 2.90. The summed E-state index contributed by atoms with van der Waals surface area (Å²) in [6.07, 6.45) is 2.56. The number of hydrogen-bond donors (Lipinski definition) is 1. The molecule has 2 atom stereocenters. The molecule has 1 fully saturated rings. The van der Waals surface area contributed by atoms with Gasteiger partial charge in [0.05, 0.1) is 6.61 Å². The third-order valence-corrected chi connectivity index (χ3v) is 3.89. The van der Waals surface area contributed by atoms with Crippen LogP contribution in [0, 0.1) is 12.8 Å². The first-order chi connectivity index (χ1) is 8.11. The summed E-state index contributed by atoms with van der Waals surface area (Å²) in [4.78, 5) is 2.51. The fraction of sp³-hybridized carbons (Fsp3) is 0.600. The van der Waals surface area contributed by atoms with Gasteiger partial charge in [-0.3, -0.25) is 0 Å². The van der Waals surface area contributed by atoms with Crippen LogP contribution >= 0.6 is 0 Å². The van der Waals surface area contributed by atoms with E-state index < -0.39 is 0 Å². The molecule has 2 nitrogen and oxygen atoms in total. The summed E-state index contributed by atoms with van der Waals surface area (Å²) in [5, 5.41) is 9.14. The summed E-state index contributed by atoms with van der Waals surface area (Å²) in [5.74, 6) is 0.846. The second kappa shape index (κ2) is 5.09. The van der Waals surface area contributed by atoms with Crippen LogP contribution in [0.3, 0.4) is 0 Å². The van der Waals surface area contributed by atoms with Crippen molar-refractivity contribution in [2.75, 3.05) is 11.4 Å². The molecule has 0 saturated carbocycles. The second-order valence-corrected chi connectivity index (χ2v) is 5.45. The van der Waals surface area contributed by atoms with Crippen LogP contribution < -0.4 is 4.90 Å². The van der Waals surface area contributed by atoms with Crippen molar-refractivity contribution in [2.24, 2.45) is 5.92 Å². The normalized spacial score (nSPS) is 25.1. The zero-order chi connectivity index (χ0) is 12.4. The SMILES string of the molecule is Cc1cc(CO)ccc1N1CCC(C)CC1C. The zero-order valence-corrected chi connectivity index (χ0v) is 11.1. The van der Waals surface area contributed by atoms with Crippen molar-refractivity contribution in [2.45, 2.75) is 46.3 Å². The first-order valence-corrected chi connectivity index (χ1v) is 6.59. The number of aryl methyl sites for hydroxylation is 1. The van der Waals surface area contributed by atoms with Gasteiger partial charge in [0.25, 0.3) is 0 Å². The summed E-state index contributed by atoms with van der Waals surface area (Å²) >= 11 is 0. The number of rotatable bonds is 2. The van der Waals surface area contributed by atoms with E-state index in [-0.39, 0.29) is 6.61 Å². The molecule has 0 aliphatic carbocycles. The predicted molar refractivity (Wildman–Crippen MR) is 72.3 cm³/mol. The maximum Gasteiger partial charge on any atom is 0.0681 e. The lowest BCUT2D eigenvalue weighted by Gasteiger charge is -2.39. The molecule has 1 aliphatic rings. The van der Waals surface area contributed by atoms with Crippen molar-refractivity contribution >= 4 is 5.69 Å². The molecule has 17 heavy (non-hydrogen) atoms. The molecule has 1 saturated heterocycles. The molecule has 2 heteroatoms. The Morgan fingerprint density at radius 3 is 2.71 bits per heavy atom. The van der Waals surface area contributed by atoms with E-state index in [4.69, 9.17) is 5.11 Å². The Morgan fingerprint density at radius 1 is 1.35 bits per heavy atom. The topological polar surface area (TPSA) is 23.5 Å². The maximum absolute atomic E-state index is 9.14. The lowest BCUT2D eigenvalue weighted by molar-refractivity contribution is 0.282. The van der Waals surface area contributed by atoms with E-state index in [1.54, 1.807) is 0 Å². The molecule has 0 radical (unpaired) electrons. The van der Waals surface area contributed by atoms with Crippen LogP contribution in [0.25, 0.3) is 0 Å². The van der Waals surface area contributed by atoms with E-state index in [9.17, 15) is 0 Å². The average molecular weight is 233 g/mol. The third-order valence-electron chi connectivity index (χ3n) is 3.89. The first kappa shape index (κ1) is 12.4. The number of nitrogens with zero attached hydrogens (tertiary/aromatic N) is 1. The number of hydrogen-bond acceptors (Lipinski definition) is 2. The van der Waals surface area contributed by atoms with Crippen LogP contribution in [0.4, 0.5) is 5.69 Å². The molecule has 0 spiro atoms. The minimum atomic E-state index is 0.133. The smallest absolute Gasteiger partial charge is 0.0681 e. The van der Waals surface area contributed by atoms with Gasteiger partial charge in [-0.25, -0.2) is 0 Å². The highest BCUT2D eigenvalue weighted by Gasteiger charge is 2.23. The molecule has 0 bridgehead atoms. The molecule has 2 rings (SSSR count). The third kappa shape index (κ3) is 2.63. The van der Waals surface area contributed by atoms with Crippen LogP contribution in [-0.2, 0) is 6.61 Å². The average Bonchev–Trinajstić information content (AvgIpc) is 2.30. The van der Waals surface area contributed by atoms with Gasteiger partial charge in [0.1, 0.15) is 0 Å². The van der Waals surface area contributed by atoms with Crippen LogP contribution in [-0.4, -0.2) is 17.7 Å². The van der Waals surface area contributed by atoms with Crippen LogP contribution in [0.5, 0.6) is 0 Å². The fourth-order valence-corrected chi connectivity index (χ4v) is 2.90. The van der Waals surface area contributed by atoms with Gasteiger partial charge in [-0.2, -0.15) is 0 Å². The van der Waals surface area contributed by atoms with Gasteiger partial charge < -0.3 is 10.0 Å². The van der Waals surface area contributed by atoms with Gasteiger partial charge in [0.2, 0.25) is 0 Å². The summed E-state index contributed by atoms with van der Waals surface area (Å²) in [5.41, 5.74) is 3.61. The van der Waals surface area contributed by atoms with E-state index in [0.29, 0.717) is 6.04 Å². The summed E-state index contributed by atoms with van der Waals surface area (Å²) in [6, 6.07) is 6.91. The quantitative estimate of drug-likeness (QED) is 0.848. The minimum Gasteiger partial charge on any atom is -0.392 e. The second-order valence-electron chi connectivity index (χ2n) is 5.45. The number of aliphatic hydroxyl groups excluding tert-OH is 1. The Hall–Kier alpha value is -1.02. The first-order valence-electron chi connectivity index (χ1n) is 6.59. The highest BCUT2D eigenvalue weighted by atomic mass is 16.3. The molecule has 94 valence electrons. The largest absolute Gasteiger partial charge is 0.392 e. The van der Waals surface area contributed by atoms with Crippen molar-refractivity contribution in [3.8, 4) is 0 Å². The van der Waals surface area contributed by atoms with Crippen molar-refractivity contribution in [1.82, 2.24) is 0 Å². The molecule has 1 aromatic rings. The summed E-state index contributed by atoms with van der Waals surface area (Å²) < 4.78 is 0. The Kier molecular flexibility index (Phi) is 3.72. The molecule has 0 aromatic heterocycles. The van der Waals surface area contributed by atoms with Crippen molar-refractivity contribution in [1.29, 1.82) is 0 Å². The monoisotopic (exact) mass is 233 g/mol. The molecule has 1 aromatic carbocycles. The van der Waals surface area contributed by atoms with Crippen LogP contribution in [0.15, 0.2) is 18.2 Å². The van der Waals surface area contributed by atoms with E-state index >= 15 is 0 Å². The highest BCUT2D eigenvalue weighted by Crippen LogP contribution is 2.30. The minimum absolute atomic E-state index is 0.133. The van der Waals surface area contributed by atoms with Crippen molar-refractivity contribution in [3.05, 3.63) is 29.3 Å². The Labute approximate surface area is 104 Å². The van der Waals surface area contributed by atoms with Crippen molar-refractivity contribution in [3.63, 3.8) is 0 Å². The predicted octanol–water partition coefficient (Wildman–Crippen LogP) is 3.11. The molecule has 1 N–H and O–H groups in total. The summed E-state index contributed by atoms with van der Waals surface area (Å²) in [7, 11) is 0. The maximum atomic E-state index is 9.14. The van der Waals surface area contributed by atoms with Crippen molar-refractivity contribution < 1.29 is 5.11 Å². The zero-order valence-electron chi connectivity index (χ0n) is 11.1. The lowest BCUT2D eigenvalue weighted by atomic mass is 9.92. The summed E-state index contributed by atoms with van der Waals surface area (Å²) in [6.45, 7) is 8.08. The van der Waals surface area contributed by atoms with Crippen LogP contribution in [0.1, 0.15) is 37.8 Å². The Morgan fingerprint density at radius 2 is 2.12 bits per heavy atom. The lowest BCUT2D eigenvalue weighted by Crippen LogP contribution is -2.40. The van der Waals surface area contributed by atoms with Gasteiger partial charge in [0.15, 0.2) is 0 Å². The number of aliphatic hydroxyl groups is 1. The van der Waals surface area contributed by atoms with Gasteiger partial charge in [-0.15, -0.1) is 0 Å². The number of piperidine rings is 1. The molecule has 1 aliphatic heterocycles. The molecular formula is C15H23NO. The van der Waals surface area contributed by atoms with Gasteiger partial charge in [0, 0.05) is 18.3 Å². The van der Waals surface area contributed by atoms with Gasteiger partial charge in [-0.05, 0) is 49.8 Å². The van der Waals surface area contributed by atoms with Gasteiger partial charge >= 0.3 is 0 Å². The Balaban J connectivity index is 2.22. The molecular weight excluding hydrogens is 210 g/mol. The Bertz CT molecular complexity index is 389. The van der Waals surface area contributed by atoms with E-state index in [0.717, 1.165) is 18.0 Å². The van der Waals surface area contributed by atoms with E-state index in [1.165, 1.54) is 24.1 Å². The van der Waals surface area contributed by atoms with Crippen LogP contribution in [0.2, 0.25) is 0 Å². The van der Waals surface area contributed by atoms with E-state index in [1.807, 2.05) is 6.07 Å². The number of anilines is 1.